The van der Waals surface area contributed by atoms with Crippen LogP contribution in [0.15, 0.2) is 0 Å². The van der Waals surface area contributed by atoms with Crippen molar-refractivity contribution >= 4 is 5.91 Å². The first kappa shape index (κ1) is 23.4. The van der Waals surface area contributed by atoms with Gasteiger partial charge in [0.1, 0.15) is 0 Å². The van der Waals surface area contributed by atoms with Crippen LogP contribution in [0.1, 0.15) is 117 Å². The second-order valence-electron chi connectivity index (χ2n) is 7.22. The SMILES string of the molecule is CCCCCCCCCCNC(=O)CCC(O)CCCCCCC. The molecule has 1 unspecified atom stereocenters. The summed E-state index contributed by atoms with van der Waals surface area (Å²) in [5.74, 6) is 0.1000. The van der Waals surface area contributed by atoms with Gasteiger partial charge in [-0.25, -0.2) is 0 Å². The molecule has 0 rings (SSSR count). The van der Waals surface area contributed by atoms with Crippen molar-refractivity contribution in [3.05, 3.63) is 0 Å². The number of carbonyl (C=O) groups excluding carboxylic acids is 1. The molecule has 0 saturated carbocycles. The lowest BCUT2D eigenvalue weighted by Crippen LogP contribution is -2.25. The summed E-state index contributed by atoms with van der Waals surface area (Å²) in [6.07, 6.45) is 18.0. The van der Waals surface area contributed by atoms with E-state index in [0.29, 0.717) is 12.8 Å². The van der Waals surface area contributed by atoms with Gasteiger partial charge in [-0.3, -0.25) is 4.79 Å². The number of hydrogen-bond donors (Lipinski definition) is 2. The van der Waals surface area contributed by atoms with Gasteiger partial charge in [0, 0.05) is 13.0 Å². The van der Waals surface area contributed by atoms with Gasteiger partial charge in [0.25, 0.3) is 0 Å². The number of rotatable bonds is 18. The van der Waals surface area contributed by atoms with Gasteiger partial charge in [-0.15, -0.1) is 0 Å². The molecule has 0 aliphatic carbocycles. The summed E-state index contributed by atoms with van der Waals surface area (Å²) in [6, 6.07) is 0. The number of nitrogens with one attached hydrogen (secondary N) is 1. The maximum Gasteiger partial charge on any atom is 0.220 e. The van der Waals surface area contributed by atoms with E-state index >= 15 is 0 Å². The normalized spacial score (nSPS) is 12.3. The Kier molecular flexibility index (Phi) is 18.3. The quantitative estimate of drug-likeness (QED) is 0.312. The Labute approximate surface area is 151 Å². The minimum absolute atomic E-state index is 0.1000. The smallest absolute Gasteiger partial charge is 0.220 e. The van der Waals surface area contributed by atoms with Crippen LogP contribution in [0.4, 0.5) is 0 Å². The number of carbonyl (C=O) groups is 1. The van der Waals surface area contributed by atoms with E-state index in [4.69, 9.17) is 0 Å². The standard InChI is InChI=1S/C21H43NO2/c1-3-5-7-9-10-11-13-15-19-22-21(24)18-17-20(23)16-14-12-8-6-4-2/h20,23H,3-19H2,1-2H3,(H,22,24). The van der Waals surface area contributed by atoms with E-state index in [2.05, 4.69) is 19.2 Å². The number of hydrogen-bond acceptors (Lipinski definition) is 2. The van der Waals surface area contributed by atoms with Crippen LogP contribution in [-0.4, -0.2) is 23.7 Å². The lowest BCUT2D eigenvalue weighted by Gasteiger charge is -2.10. The Balaban J connectivity index is 3.31. The third-order valence-electron chi connectivity index (χ3n) is 4.70. The maximum absolute atomic E-state index is 11.7. The molecule has 2 N–H and O–H groups in total. The first-order valence-corrected chi connectivity index (χ1v) is 10.7. The van der Waals surface area contributed by atoms with Gasteiger partial charge in [-0.2, -0.15) is 0 Å². The molecule has 0 aromatic heterocycles. The van der Waals surface area contributed by atoms with E-state index in [1.165, 1.54) is 70.6 Å². The fourth-order valence-electron chi connectivity index (χ4n) is 3.00. The van der Waals surface area contributed by atoms with Gasteiger partial charge in [0.05, 0.1) is 6.10 Å². The van der Waals surface area contributed by atoms with E-state index in [-0.39, 0.29) is 12.0 Å². The van der Waals surface area contributed by atoms with Gasteiger partial charge in [0.15, 0.2) is 0 Å². The number of amides is 1. The van der Waals surface area contributed by atoms with Crippen molar-refractivity contribution in [1.29, 1.82) is 0 Å². The molecule has 1 atom stereocenters. The molecular formula is C21H43NO2. The summed E-state index contributed by atoms with van der Waals surface area (Å²) < 4.78 is 0. The van der Waals surface area contributed by atoms with Crippen LogP contribution in [-0.2, 0) is 4.79 Å². The molecule has 1 amide bonds. The molecule has 0 aromatic rings. The van der Waals surface area contributed by atoms with Gasteiger partial charge >= 0.3 is 0 Å². The molecule has 0 aliphatic rings. The second kappa shape index (κ2) is 18.8. The Morgan fingerprint density at radius 1 is 0.750 bits per heavy atom. The van der Waals surface area contributed by atoms with Crippen LogP contribution >= 0.6 is 0 Å². The van der Waals surface area contributed by atoms with E-state index in [9.17, 15) is 9.90 Å². The third kappa shape index (κ3) is 17.8. The van der Waals surface area contributed by atoms with Gasteiger partial charge in [0.2, 0.25) is 5.91 Å². The summed E-state index contributed by atoms with van der Waals surface area (Å²) in [5.41, 5.74) is 0. The van der Waals surface area contributed by atoms with Crippen LogP contribution in [0.2, 0.25) is 0 Å². The van der Waals surface area contributed by atoms with E-state index < -0.39 is 0 Å². The average Bonchev–Trinajstić information content (AvgIpc) is 2.58. The Morgan fingerprint density at radius 3 is 1.83 bits per heavy atom. The zero-order valence-corrected chi connectivity index (χ0v) is 16.5. The van der Waals surface area contributed by atoms with Crippen molar-refractivity contribution in [3.63, 3.8) is 0 Å². The van der Waals surface area contributed by atoms with Crippen molar-refractivity contribution in [2.24, 2.45) is 0 Å². The fourth-order valence-corrected chi connectivity index (χ4v) is 3.00. The summed E-state index contributed by atoms with van der Waals surface area (Å²) in [6.45, 7) is 5.25. The molecule has 0 aliphatic heterocycles. The monoisotopic (exact) mass is 341 g/mol. The van der Waals surface area contributed by atoms with Crippen molar-refractivity contribution in [1.82, 2.24) is 5.32 Å². The molecule has 0 bridgehead atoms. The number of aliphatic hydroxyl groups is 1. The highest BCUT2D eigenvalue weighted by atomic mass is 16.3. The number of aliphatic hydroxyl groups excluding tert-OH is 1. The van der Waals surface area contributed by atoms with Crippen LogP contribution in [0.3, 0.4) is 0 Å². The summed E-state index contributed by atoms with van der Waals surface area (Å²) in [5, 5.41) is 12.9. The second-order valence-corrected chi connectivity index (χ2v) is 7.22. The summed E-state index contributed by atoms with van der Waals surface area (Å²) >= 11 is 0. The first-order chi connectivity index (χ1) is 11.7. The molecule has 0 spiro atoms. The molecule has 0 fully saturated rings. The zero-order valence-electron chi connectivity index (χ0n) is 16.5. The predicted molar refractivity (Wildman–Crippen MR) is 104 cm³/mol. The molecule has 144 valence electrons. The molecule has 0 heterocycles. The lowest BCUT2D eigenvalue weighted by atomic mass is 10.0. The van der Waals surface area contributed by atoms with Crippen LogP contribution < -0.4 is 5.32 Å². The fraction of sp³-hybridized carbons (Fsp3) is 0.952. The van der Waals surface area contributed by atoms with E-state index in [1.54, 1.807) is 0 Å². The summed E-state index contributed by atoms with van der Waals surface area (Å²) in [4.78, 5) is 11.7. The van der Waals surface area contributed by atoms with Crippen molar-refractivity contribution < 1.29 is 9.90 Å². The van der Waals surface area contributed by atoms with Crippen LogP contribution in [0, 0.1) is 0 Å². The van der Waals surface area contributed by atoms with Crippen molar-refractivity contribution in [3.8, 4) is 0 Å². The highest BCUT2D eigenvalue weighted by Crippen LogP contribution is 2.11. The van der Waals surface area contributed by atoms with Crippen molar-refractivity contribution in [2.45, 2.75) is 123 Å². The van der Waals surface area contributed by atoms with Gasteiger partial charge in [-0.1, -0.05) is 90.9 Å². The van der Waals surface area contributed by atoms with E-state index in [1.807, 2.05) is 0 Å². The first-order valence-electron chi connectivity index (χ1n) is 10.7. The predicted octanol–water partition coefficient (Wildman–Crippen LogP) is 5.74. The Hall–Kier alpha value is -0.570. The topological polar surface area (TPSA) is 49.3 Å². The van der Waals surface area contributed by atoms with Gasteiger partial charge < -0.3 is 10.4 Å². The molecule has 3 heteroatoms. The van der Waals surface area contributed by atoms with Crippen LogP contribution in [0.25, 0.3) is 0 Å². The minimum atomic E-state index is -0.305. The average molecular weight is 342 g/mol. The molecular weight excluding hydrogens is 298 g/mol. The van der Waals surface area contributed by atoms with E-state index in [0.717, 1.165) is 25.8 Å². The zero-order chi connectivity index (χ0) is 17.9. The van der Waals surface area contributed by atoms with Crippen molar-refractivity contribution in [2.75, 3.05) is 6.54 Å². The highest BCUT2D eigenvalue weighted by molar-refractivity contribution is 5.75. The lowest BCUT2D eigenvalue weighted by molar-refractivity contribution is -0.121. The molecule has 0 aromatic carbocycles. The maximum atomic E-state index is 11.7. The van der Waals surface area contributed by atoms with Crippen LogP contribution in [0.5, 0.6) is 0 Å². The molecule has 0 saturated heterocycles. The highest BCUT2D eigenvalue weighted by Gasteiger charge is 2.07. The van der Waals surface area contributed by atoms with Gasteiger partial charge in [-0.05, 0) is 19.3 Å². The minimum Gasteiger partial charge on any atom is -0.393 e. The Bertz CT molecular complexity index is 269. The summed E-state index contributed by atoms with van der Waals surface area (Å²) in [7, 11) is 0. The largest absolute Gasteiger partial charge is 0.393 e. The molecule has 3 nitrogen and oxygen atoms in total. The third-order valence-corrected chi connectivity index (χ3v) is 4.70. The number of unbranched alkanes of at least 4 members (excludes halogenated alkanes) is 11. The Morgan fingerprint density at radius 2 is 1.25 bits per heavy atom. The molecule has 24 heavy (non-hydrogen) atoms. The molecule has 0 radical (unpaired) electrons.